The zero-order valence-electron chi connectivity index (χ0n) is 12.2. The van der Waals surface area contributed by atoms with Crippen LogP contribution in [0.5, 0.6) is 0 Å². The Balaban J connectivity index is 1.81. The molecule has 1 saturated carbocycles. The van der Waals surface area contributed by atoms with Crippen LogP contribution in [0.15, 0.2) is 23.0 Å². The molecule has 3 N–H and O–H groups in total. The minimum absolute atomic E-state index is 0.173. The van der Waals surface area contributed by atoms with Crippen molar-refractivity contribution in [3.8, 4) is 0 Å². The van der Waals surface area contributed by atoms with Crippen molar-refractivity contribution in [1.82, 2.24) is 10.6 Å². The summed E-state index contributed by atoms with van der Waals surface area (Å²) in [5.41, 5.74) is 0.0454. The second kappa shape index (κ2) is 6.65. The van der Waals surface area contributed by atoms with Crippen LogP contribution < -0.4 is 10.6 Å². The van der Waals surface area contributed by atoms with Crippen LogP contribution in [0.3, 0.4) is 0 Å². The molecule has 1 aromatic rings. The van der Waals surface area contributed by atoms with Crippen molar-refractivity contribution in [2.24, 2.45) is 11.3 Å². The van der Waals surface area contributed by atoms with Gasteiger partial charge in [-0.1, -0.05) is 6.92 Å². The quantitative estimate of drug-likeness (QED) is 0.777. The molecule has 1 aromatic heterocycles. The van der Waals surface area contributed by atoms with Crippen LogP contribution in [0.4, 0.5) is 4.79 Å². The second-order valence-corrected chi connectivity index (χ2v) is 5.94. The summed E-state index contributed by atoms with van der Waals surface area (Å²) in [7, 11) is 0. The van der Waals surface area contributed by atoms with Crippen LogP contribution >= 0.6 is 0 Å². The Morgan fingerprint density at radius 3 is 2.67 bits per heavy atom. The minimum Gasteiger partial charge on any atom is -0.481 e. The second-order valence-electron chi connectivity index (χ2n) is 5.94. The van der Waals surface area contributed by atoms with E-state index in [0.29, 0.717) is 25.3 Å². The minimum atomic E-state index is -0.820. The van der Waals surface area contributed by atoms with E-state index in [1.807, 2.05) is 0 Å². The molecular formula is C15H22N2O4. The monoisotopic (exact) mass is 294 g/mol. The summed E-state index contributed by atoms with van der Waals surface area (Å²) in [6.07, 6.45) is 6.12. The highest BCUT2D eigenvalue weighted by molar-refractivity contribution is 5.78. The van der Waals surface area contributed by atoms with E-state index in [4.69, 9.17) is 4.42 Å². The molecule has 0 spiro atoms. The first-order chi connectivity index (χ1) is 10.0. The summed E-state index contributed by atoms with van der Waals surface area (Å²) in [5.74, 6) is -0.253. The number of furan rings is 1. The van der Waals surface area contributed by atoms with E-state index in [9.17, 15) is 14.7 Å². The molecule has 0 radical (unpaired) electrons. The smallest absolute Gasteiger partial charge is 0.315 e. The molecule has 6 heteroatoms. The van der Waals surface area contributed by atoms with Crippen molar-refractivity contribution < 1.29 is 19.1 Å². The van der Waals surface area contributed by atoms with Crippen LogP contribution in [0.25, 0.3) is 0 Å². The number of rotatable bonds is 5. The average molecular weight is 294 g/mol. The first-order valence-corrected chi connectivity index (χ1v) is 7.28. The maximum absolute atomic E-state index is 11.8. The van der Waals surface area contributed by atoms with E-state index in [1.165, 1.54) is 6.26 Å². The molecule has 21 heavy (non-hydrogen) atoms. The Labute approximate surface area is 123 Å². The van der Waals surface area contributed by atoms with E-state index in [0.717, 1.165) is 18.4 Å². The summed E-state index contributed by atoms with van der Waals surface area (Å²) in [5, 5.41) is 14.9. The number of amides is 2. The lowest BCUT2D eigenvalue weighted by molar-refractivity contribution is -0.151. The number of aliphatic carboxylic acids is 1. The van der Waals surface area contributed by atoms with E-state index < -0.39 is 11.4 Å². The van der Waals surface area contributed by atoms with Crippen LogP contribution in [-0.2, 0) is 11.3 Å². The fraction of sp³-hybridized carbons (Fsp3) is 0.600. The molecule has 1 heterocycles. The van der Waals surface area contributed by atoms with Gasteiger partial charge in [0.25, 0.3) is 0 Å². The van der Waals surface area contributed by atoms with E-state index in [1.54, 1.807) is 12.3 Å². The van der Waals surface area contributed by atoms with Gasteiger partial charge in [-0.15, -0.1) is 0 Å². The molecular weight excluding hydrogens is 272 g/mol. The van der Waals surface area contributed by atoms with Gasteiger partial charge in [-0.05, 0) is 37.7 Å². The molecule has 1 aliphatic carbocycles. The SMILES string of the molecule is CC1CCC(CNC(=O)NCc2ccoc2)(C(=O)O)CC1. The average Bonchev–Trinajstić information content (AvgIpc) is 2.98. The Hall–Kier alpha value is -1.98. The third-order valence-electron chi connectivity index (χ3n) is 4.31. The van der Waals surface area contributed by atoms with Gasteiger partial charge in [0, 0.05) is 18.7 Å². The van der Waals surface area contributed by atoms with Gasteiger partial charge in [-0.25, -0.2) is 4.79 Å². The molecule has 116 valence electrons. The van der Waals surface area contributed by atoms with Gasteiger partial charge in [0.15, 0.2) is 0 Å². The number of carbonyl (C=O) groups is 2. The molecule has 0 saturated heterocycles. The molecule has 0 bridgehead atoms. The molecule has 0 atom stereocenters. The summed E-state index contributed by atoms with van der Waals surface area (Å²) in [4.78, 5) is 23.3. The summed E-state index contributed by atoms with van der Waals surface area (Å²) in [6.45, 7) is 2.67. The topological polar surface area (TPSA) is 91.6 Å². The lowest BCUT2D eigenvalue weighted by Crippen LogP contribution is -2.47. The Bertz CT molecular complexity index is 476. The Kier molecular flexibility index (Phi) is 4.88. The normalized spacial score (nSPS) is 25.3. The lowest BCUT2D eigenvalue weighted by atomic mass is 9.71. The van der Waals surface area contributed by atoms with Crippen LogP contribution in [0.1, 0.15) is 38.2 Å². The maximum atomic E-state index is 11.8. The van der Waals surface area contributed by atoms with E-state index >= 15 is 0 Å². The molecule has 6 nitrogen and oxygen atoms in total. The van der Waals surface area contributed by atoms with Crippen LogP contribution in [0.2, 0.25) is 0 Å². The molecule has 0 aromatic carbocycles. The van der Waals surface area contributed by atoms with Gasteiger partial charge in [0.05, 0.1) is 17.9 Å². The highest BCUT2D eigenvalue weighted by Gasteiger charge is 2.41. The largest absolute Gasteiger partial charge is 0.481 e. The lowest BCUT2D eigenvalue weighted by Gasteiger charge is -2.35. The predicted molar refractivity (Wildman–Crippen MR) is 76.6 cm³/mol. The number of hydrogen-bond donors (Lipinski definition) is 3. The number of urea groups is 1. The molecule has 1 fully saturated rings. The standard InChI is InChI=1S/C15H22N2O4/c1-11-2-5-15(6-3-11,13(18)19)10-17-14(20)16-8-12-4-7-21-9-12/h4,7,9,11H,2-3,5-6,8,10H2,1H3,(H,18,19)(H2,16,17,20). The van der Waals surface area contributed by atoms with E-state index in [-0.39, 0.29) is 12.6 Å². The zero-order chi connectivity index (χ0) is 15.3. The number of carbonyl (C=O) groups excluding carboxylic acids is 1. The third kappa shape index (κ3) is 4.00. The molecule has 0 aliphatic heterocycles. The van der Waals surface area contributed by atoms with E-state index in [2.05, 4.69) is 17.6 Å². The van der Waals surface area contributed by atoms with Gasteiger partial charge in [0.2, 0.25) is 0 Å². The first-order valence-electron chi connectivity index (χ1n) is 7.28. The maximum Gasteiger partial charge on any atom is 0.315 e. The third-order valence-corrected chi connectivity index (χ3v) is 4.31. The van der Waals surface area contributed by atoms with Gasteiger partial charge in [-0.2, -0.15) is 0 Å². The summed E-state index contributed by atoms with van der Waals surface area (Å²) in [6, 6.07) is 1.41. The number of carboxylic acids is 1. The number of hydrogen-bond acceptors (Lipinski definition) is 3. The Morgan fingerprint density at radius 1 is 1.38 bits per heavy atom. The van der Waals surface area contributed by atoms with Crippen LogP contribution in [-0.4, -0.2) is 23.7 Å². The van der Waals surface area contributed by atoms with Crippen molar-refractivity contribution in [2.45, 2.75) is 39.2 Å². The van der Waals surface area contributed by atoms with Gasteiger partial charge in [0.1, 0.15) is 0 Å². The van der Waals surface area contributed by atoms with Crippen molar-refractivity contribution in [1.29, 1.82) is 0 Å². The molecule has 2 rings (SSSR count). The van der Waals surface area contributed by atoms with Crippen molar-refractivity contribution in [3.63, 3.8) is 0 Å². The first kappa shape index (κ1) is 15.4. The fourth-order valence-electron chi connectivity index (χ4n) is 2.67. The fourth-order valence-corrected chi connectivity index (χ4v) is 2.67. The van der Waals surface area contributed by atoms with Crippen molar-refractivity contribution >= 4 is 12.0 Å². The number of carboxylic acid groups (broad SMARTS) is 1. The van der Waals surface area contributed by atoms with Crippen molar-refractivity contribution in [2.75, 3.05) is 6.54 Å². The van der Waals surface area contributed by atoms with Gasteiger partial charge >= 0.3 is 12.0 Å². The number of nitrogens with one attached hydrogen (secondary N) is 2. The summed E-state index contributed by atoms with van der Waals surface area (Å²) < 4.78 is 4.91. The van der Waals surface area contributed by atoms with Crippen LogP contribution in [0, 0.1) is 11.3 Å². The molecule has 0 unspecified atom stereocenters. The molecule has 1 aliphatic rings. The zero-order valence-corrected chi connectivity index (χ0v) is 12.2. The highest BCUT2D eigenvalue weighted by Crippen LogP contribution is 2.38. The molecule has 2 amide bonds. The summed E-state index contributed by atoms with van der Waals surface area (Å²) >= 11 is 0. The van der Waals surface area contributed by atoms with Crippen molar-refractivity contribution in [3.05, 3.63) is 24.2 Å². The van der Waals surface area contributed by atoms with Gasteiger partial charge < -0.3 is 20.2 Å². The van der Waals surface area contributed by atoms with Gasteiger partial charge in [-0.3, -0.25) is 4.79 Å². The highest BCUT2D eigenvalue weighted by atomic mass is 16.4. The Morgan fingerprint density at radius 2 is 2.10 bits per heavy atom. The predicted octanol–water partition coefficient (Wildman–Crippen LogP) is 2.36.